The van der Waals surface area contributed by atoms with E-state index in [9.17, 15) is 13.5 Å². The lowest BCUT2D eigenvalue weighted by atomic mass is 10.1. The average molecular weight is 285 g/mol. The van der Waals surface area contributed by atoms with E-state index in [1.54, 1.807) is 0 Å². The molecule has 0 bridgehead atoms. The van der Waals surface area contributed by atoms with Gasteiger partial charge < -0.3 is 5.11 Å². The highest BCUT2D eigenvalue weighted by atomic mass is 35.5. The number of aliphatic hydroxyl groups excluding tert-OH is 1. The summed E-state index contributed by atoms with van der Waals surface area (Å²) in [5.41, 5.74) is 0.411. The van der Waals surface area contributed by atoms with Crippen molar-refractivity contribution in [3.8, 4) is 0 Å². The van der Waals surface area contributed by atoms with Gasteiger partial charge in [0, 0.05) is 16.6 Å². The van der Waals surface area contributed by atoms with Gasteiger partial charge in [0.05, 0.1) is 6.10 Å². The van der Waals surface area contributed by atoms with Crippen LogP contribution in [-0.4, -0.2) is 20.1 Å². The SMILES string of the molecule is NS(=O)(=O)NCC(O)c1cc(Cl)cc(Cl)c1. The van der Waals surface area contributed by atoms with Crippen molar-refractivity contribution in [1.82, 2.24) is 4.72 Å². The fourth-order valence-electron chi connectivity index (χ4n) is 1.08. The molecule has 0 aliphatic carbocycles. The van der Waals surface area contributed by atoms with Crippen molar-refractivity contribution in [2.75, 3.05) is 6.54 Å². The standard InChI is InChI=1S/C8H10Cl2N2O3S/c9-6-1-5(2-7(10)3-6)8(13)4-12-16(11,14)15/h1-3,8,12-13H,4H2,(H2,11,14,15). The average Bonchev–Trinajstić information content (AvgIpc) is 2.11. The van der Waals surface area contributed by atoms with Gasteiger partial charge in [0.1, 0.15) is 0 Å². The second kappa shape index (κ2) is 5.31. The minimum Gasteiger partial charge on any atom is -0.387 e. The number of aliphatic hydroxyl groups is 1. The maximum atomic E-state index is 10.6. The zero-order chi connectivity index (χ0) is 12.3. The molecule has 1 rings (SSSR count). The number of nitrogens with two attached hydrogens (primary N) is 1. The number of benzene rings is 1. The third kappa shape index (κ3) is 4.65. The maximum absolute atomic E-state index is 10.6. The molecule has 0 radical (unpaired) electrons. The van der Waals surface area contributed by atoms with E-state index in [2.05, 4.69) is 0 Å². The van der Waals surface area contributed by atoms with Gasteiger partial charge in [0.15, 0.2) is 0 Å². The van der Waals surface area contributed by atoms with Crippen LogP contribution >= 0.6 is 23.2 Å². The fraction of sp³-hybridized carbons (Fsp3) is 0.250. The van der Waals surface area contributed by atoms with Crippen LogP contribution in [0.3, 0.4) is 0 Å². The van der Waals surface area contributed by atoms with Crippen molar-refractivity contribution in [1.29, 1.82) is 0 Å². The molecule has 16 heavy (non-hydrogen) atoms. The smallest absolute Gasteiger partial charge is 0.274 e. The van der Waals surface area contributed by atoms with E-state index in [1.165, 1.54) is 18.2 Å². The summed E-state index contributed by atoms with van der Waals surface area (Å²) in [6, 6.07) is 4.48. The predicted molar refractivity (Wildman–Crippen MR) is 62.5 cm³/mol. The molecule has 1 unspecified atom stereocenters. The van der Waals surface area contributed by atoms with E-state index in [0.29, 0.717) is 15.6 Å². The molecule has 0 heterocycles. The minimum atomic E-state index is -3.82. The van der Waals surface area contributed by atoms with Crippen molar-refractivity contribution in [3.63, 3.8) is 0 Å². The minimum absolute atomic E-state index is 0.241. The largest absolute Gasteiger partial charge is 0.387 e. The van der Waals surface area contributed by atoms with Crippen LogP contribution in [0.4, 0.5) is 0 Å². The Morgan fingerprint density at radius 2 is 1.81 bits per heavy atom. The molecule has 0 amide bonds. The zero-order valence-electron chi connectivity index (χ0n) is 8.02. The fourth-order valence-corrected chi connectivity index (χ4v) is 2.01. The normalized spacial score (nSPS) is 13.8. The summed E-state index contributed by atoms with van der Waals surface area (Å²) in [5, 5.41) is 15.1. The third-order valence-corrected chi connectivity index (χ3v) is 2.75. The van der Waals surface area contributed by atoms with Crippen LogP contribution in [-0.2, 0) is 10.2 Å². The molecule has 8 heteroatoms. The third-order valence-electron chi connectivity index (χ3n) is 1.75. The van der Waals surface area contributed by atoms with Gasteiger partial charge in [-0.05, 0) is 23.8 Å². The molecule has 4 N–H and O–H groups in total. The first-order valence-electron chi connectivity index (χ1n) is 4.19. The van der Waals surface area contributed by atoms with E-state index < -0.39 is 16.3 Å². The number of hydrogen-bond acceptors (Lipinski definition) is 3. The Kier molecular flexibility index (Phi) is 4.54. The molecular weight excluding hydrogens is 275 g/mol. The number of halogens is 2. The van der Waals surface area contributed by atoms with E-state index in [0.717, 1.165) is 0 Å². The van der Waals surface area contributed by atoms with Gasteiger partial charge in [-0.2, -0.15) is 13.1 Å². The summed E-state index contributed by atoms with van der Waals surface area (Å²) < 4.78 is 23.2. The zero-order valence-corrected chi connectivity index (χ0v) is 10.4. The monoisotopic (exact) mass is 284 g/mol. The Hall–Kier alpha value is -0.370. The Balaban J connectivity index is 2.76. The quantitative estimate of drug-likeness (QED) is 0.764. The lowest BCUT2D eigenvalue weighted by Crippen LogP contribution is -2.34. The van der Waals surface area contributed by atoms with Gasteiger partial charge in [-0.3, -0.25) is 0 Å². The summed E-state index contributed by atoms with van der Waals surface area (Å²) >= 11 is 11.5. The van der Waals surface area contributed by atoms with E-state index in [-0.39, 0.29) is 6.54 Å². The molecule has 0 aromatic heterocycles. The summed E-state index contributed by atoms with van der Waals surface area (Å²) in [7, 11) is -3.82. The summed E-state index contributed by atoms with van der Waals surface area (Å²) in [6.07, 6.45) is -1.06. The van der Waals surface area contributed by atoms with Gasteiger partial charge in [0.25, 0.3) is 10.2 Å². The highest BCUT2D eigenvalue weighted by Crippen LogP contribution is 2.23. The number of nitrogens with one attached hydrogen (secondary N) is 1. The first-order chi connectivity index (χ1) is 7.28. The number of hydrogen-bond donors (Lipinski definition) is 3. The number of rotatable bonds is 4. The van der Waals surface area contributed by atoms with Crippen LogP contribution in [0.2, 0.25) is 10.0 Å². The molecule has 1 atom stereocenters. The van der Waals surface area contributed by atoms with Gasteiger partial charge in [-0.1, -0.05) is 23.2 Å². The Morgan fingerprint density at radius 1 is 1.31 bits per heavy atom. The lowest BCUT2D eigenvalue weighted by Gasteiger charge is -2.11. The lowest BCUT2D eigenvalue weighted by molar-refractivity contribution is 0.182. The predicted octanol–water partition coefficient (Wildman–Crippen LogP) is 0.820. The Bertz CT molecular complexity index is 458. The van der Waals surface area contributed by atoms with Crippen molar-refractivity contribution in [3.05, 3.63) is 33.8 Å². The van der Waals surface area contributed by atoms with Crippen LogP contribution in [0.25, 0.3) is 0 Å². The van der Waals surface area contributed by atoms with E-state index in [4.69, 9.17) is 28.3 Å². The van der Waals surface area contributed by atoms with E-state index >= 15 is 0 Å². The Labute approximate surface area is 103 Å². The van der Waals surface area contributed by atoms with Crippen LogP contribution in [0, 0.1) is 0 Å². The highest BCUT2D eigenvalue weighted by Gasteiger charge is 2.11. The second-order valence-electron chi connectivity index (χ2n) is 3.11. The van der Waals surface area contributed by atoms with Crippen LogP contribution in [0.15, 0.2) is 18.2 Å². The Morgan fingerprint density at radius 3 is 2.25 bits per heavy atom. The molecule has 1 aromatic rings. The molecule has 90 valence electrons. The first kappa shape index (κ1) is 13.7. The molecule has 0 saturated heterocycles. The van der Waals surface area contributed by atoms with Gasteiger partial charge in [0.2, 0.25) is 0 Å². The van der Waals surface area contributed by atoms with Gasteiger partial charge in [-0.15, -0.1) is 0 Å². The molecule has 1 aromatic carbocycles. The van der Waals surface area contributed by atoms with Crippen molar-refractivity contribution >= 4 is 33.4 Å². The summed E-state index contributed by atoms with van der Waals surface area (Å²) in [5.74, 6) is 0. The van der Waals surface area contributed by atoms with Crippen LogP contribution in [0.1, 0.15) is 11.7 Å². The summed E-state index contributed by atoms with van der Waals surface area (Å²) in [4.78, 5) is 0. The van der Waals surface area contributed by atoms with Crippen molar-refractivity contribution < 1.29 is 13.5 Å². The molecule has 0 aliphatic rings. The van der Waals surface area contributed by atoms with Crippen molar-refractivity contribution in [2.45, 2.75) is 6.10 Å². The highest BCUT2D eigenvalue weighted by molar-refractivity contribution is 7.87. The summed E-state index contributed by atoms with van der Waals surface area (Å²) in [6.45, 7) is -0.241. The van der Waals surface area contributed by atoms with Crippen LogP contribution in [0.5, 0.6) is 0 Å². The topological polar surface area (TPSA) is 92.4 Å². The molecule has 0 spiro atoms. The first-order valence-corrected chi connectivity index (χ1v) is 6.49. The maximum Gasteiger partial charge on any atom is 0.274 e. The molecule has 5 nitrogen and oxygen atoms in total. The second-order valence-corrected chi connectivity index (χ2v) is 5.36. The van der Waals surface area contributed by atoms with Gasteiger partial charge in [-0.25, -0.2) is 5.14 Å². The van der Waals surface area contributed by atoms with Crippen molar-refractivity contribution in [2.24, 2.45) is 5.14 Å². The molecule has 0 fully saturated rings. The molecule has 0 saturated carbocycles. The molecular formula is C8H10Cl2N2O3S. The van der Waals surface area contributed by atoms with Gasteiger partial charge >= 0.3 is 0 Å². The van der Waals surface area contributed by atoms with E-state index in [1.807, 2.05) is 4.72 Å². The van der Waals surface area contributed by atoms with Crippen LogP contribution < -0.4 is 9.86 Å². The molecule has 0 aliphatic heterocycles.